The van der Waals surface area contributed by atoms with E-state index in [0.29, 0.717) is 16.1 Å². The largest absolute Gasteiger partial charge is 0.481 e. The van der Waals surface area contributed by atoms with Crippen LogP contribution in [-0.4, -0.2) is 40.8 Å². The number of carboxylic acid groups (broad SMARTS) is 1. The maximum Gasteiger partial charge on any atom is 0.314 e. The molecule has 0 aliphatic carbocycles. The van der Waals surface area contributed by atoms with Crippen molar-refractivity contribution in [2.75, 3.05) is 13.1 Å². The highest BCUT2D eigenvalue weighted by molar-refractivity contribution is 6.31. The van der Waals surface area contributed by atoms with E-state index in [0.717, 1.165) is 25.9 Å². The number of nitrogens with zero attached hydrogens (tertiary/aromatic N) is 1. The smallest absolute Gasteiger partial charge is 0.314 e. The molecule has 6 heteroatoms. The van der Waals surface area contributed by atoms with Gasteiger partial charge in [0.1, 0.15) is 11.7 Å². The van der Waals surface area contributed by atoms with Crippen LogP contribution in [0.1, 0.15) is 42.1 Å². The molecule has 124 valence electrons. The Bertz CT molecular complexity index is 623. The Hall–Kier alpha value is -1.88. The minimum Gasteiger partial charge on any atom is -0.481 e. The van der Waals surface area contributed by atoms with Gasteiger partial charge in [0.15, 0.2) is 0 Å². The van der Waals surface area contributed by atoms with Crippen molar-refractivity contribution in [3.8, 4) is 0 Å². The fourth-order valence-corrected chi connectivity index (χ4v) is 3.01. The molecule has 1 fully saturated rings. The van der Waals surface area contributed by atoms with E-state index < -0.39 is 11.9 Å². The summed E-state index contributed by atoms with van der Waals surface area (Å²) in [5, 5.41) is 9.51. The number of Topliss-reactive ketones (excluding diaryl/α,β-unsaturated/α-hetero) is 1. The van der Waals surface area contributed by atoms with Gasteiger partial charge in [-0.05, 0) is 37.0 Å². The molecule has 1 aliphatic heterocycles. The van der Waals surface area contributed by atoms with Gasteiger partial charge in [0, 0.05) is 30.1 Å². The quantitative estimate of drug-likeness (QED) is 0.810. The maximum atomic E-state index is 12.3. The van der Waals surface area contributed by atoms with Gasteiger partial charge in [-0.15, -0.1) is 0 Å². The van der Waals surface area contributed by atoms with E-state index in [2.05, 4.69) is 0 Å². The highest BCUT2D eigenvalue weighted by atomic mass is 35.5. The number of amides is 1. The number of likely N-dealkylation sites (tertiary alicyclic amines) is 1. The number of hydrogen-bond donors (Lipinski definition) is 1. The SMILES string of the molecule is CCC(=O)C(Cc1ccc(C(=O)N2CCCC2)cc1Cl)C(=O)O. The molecule has 1 amide bonds. The topological polar surface area (TPSA) is 74.7 Å². The molecule has 0 bridgehead atoms. The fourth-order valence-electron chi connectivity index (χ4n) is 2.75. The number of hydrogen-bond acceptors (Lipinski definition) is 3. The Balaban J connectivity index is 2.16. The highest BCUT2D eigenvalue weighted by Gasteiger charge is 2.26. The first-order chi connectivity index (χ1) is 10.9. The van der Waals surface area contributed by atoms with E-state index in [-0.39, 0.29) is 24.5 Å². The van der Waals surface area contributed by atoms with E-state index in [9.17, 15) is 19.5 Å². The van der Waals surface area contributed by atoms with Crippen LogP contribution in [0.4, 0.5) is 0 Å². The molecule has 0 aromatic heterocycles. The molecule has 1 unspecified atom stereocenters. The first-order valence-corrected chi connectivity index (χ1v) is 8.15. The van der Waals surface area contributed by atoms with Gasteiger partial charge in [-0.2, -0.15) is 0 Å². The van der Waals surface area contributed by atoms with E-state index in [1.54, 1.807) is 30.0 Å². The average molecular weight is 338 g/mol. The van der Waals surface area contributed by atoms with Crippen LogP contribution in [0.5, 0.6) is 0 Å². The zero-order chi connectivity index (χ0) is 17.0. The molecule has 23 heavy (non-hydrogen) atoms. The number of carboxylic acids is 1. The molecule has 0 saturated carbocycles. The second-order valence-corrected chi connectivity index (χ2v) is 6.13. The molecule has 0 spiro atoms. The van der Waals surface area contributed by atoms with Crippen LogP contribution in [0, 0.1) is 5.92 Å². The monoisotopic (exact) mass is 337 g/mol. The Morgan fingerprint density at radius 3 is 2.43 bits per heavy atom. The van der Waals surface area contributed by atoms with Crippen LogP contribution in [0.15, 0.2) is 18.2 Å². The summed E-state index contributed by atoms with van der Waals surface area (Å²) in [7, 11) is 0. The number of carbonyl (C=O) groups is 3. The predicted octanol–water partition coefficient (Wildman–Crippen LogP) is 2.80. The highest BCUT2D eigenvalue weighted by Crippen LogP contribution is 2.24. The molecule has 1 N–H and O–H groups in total. The molecule has 1 aromatic carbocycles. The molecule has 0 radical (unpaired) electrons. The number of halogens is 1. The van der Waals surface area contributed by atoms with Crippen LogP contribution in [0.25, 0.3) is 0 Å². The van der Waals surface area contributed by atoms with Gasteiger partial charge >= 0.3 is 5.97 Å². The van der Waals surface area contributed by atoms with Crippen molar-refractivity contribution in [2.24, 2.45) is 5.92 Å². The molecule has 1 heterocycles. The Kier molecular flexibility index (Phi) is 5.77. The molecule has 2 rings (SSSR count). The first kappa shape index (κ1) is 17.5. The lowest BCUT2D eigenvalue weighted by atomic mass is 9.93. The molecule has 1 saturated heterocycles. The van der Waals surface area contributed by atoms with Crippen molar-refractivity contribution in [1.29, 1.82) is 0 Å². The molecule has 1 aliphatic rings. The van der Waals surface area contributed by atoms with Crippen molar-refractivity contribution < 1.29 is 19.5 Å². The van der Waals surface area contributed by atoms with Crippen molar-refractivity contribution in [3.05, 3.63) is 34.3 Å². The number of aliphatic carboxylic acids is 1. The van der Waals surface area contributed by atoms with Crippen molar-refractivity contribution >= 4 is 29.3 Å². The Morgan fingerprint density at radius 1 is 1.26 bits per heavy atom. The van der Waals surface area contributed by atoms with E-state index in [4.69, 9.17) is 11.6 Å². The summed E-state index contributed by atoms with van der Waals surface area (Å²) in [6.07, 6.45) is 2.23. The van der Waals surface area contributed by atoms with E-state index in [1.165, 1.54) is 0 Å². The minimum absolute atomic E-state index is 0.0407. The number of benzene rings is 1. The maximum absolute atomic E-state index is 12.3. The third kappa shape index (κ3) is 4.10. The van der Waals surface area contributed by atoms with Crippen molar-refractivity contribution in [3.63, 3.8) is 0 Å². The van der Waals surface area contributed by atoms with Gasteiger partial charge < -0.3 is 10.0 Å². The summed E-state index contributed by atoms with van der Waals surface area (Å²) < 4.78 is 0. The van der Waals surface area contributed by atoms with Gasteiger partial charge in [0.25, 0.3) is 5.91 Å². The zero-order valence-electron chi connectivity index (χ0n) is 13.0. The second kappa shape index (κ2) is 7.59. The summed E-state index contributed by atoms with van der Waals surface area (Å²) >= 11 is 6.20. The van der Waals surface area contributed by atoms with Gasteiger partial charge in [0.2, 0.25) is 0 Å². The average Bonchev–Trinajstić information content (AvgIpc) is 3.06. The second-order valence-electron chi connectivity index (χ2n) is 5.72. The van der Waals surface area contributed by atoms with Crippen LogP contribution < -0.4 is 0 Å². The van der Waals surface area contributed by atoms with Gasteiger partial charge in [-0.1, -0.05) is 24.6 Å². The summed E-state index contributed by atoms with van der Waals surface area (Å²) in [5.74, 6) is -2.64. The molecule has 1 aromatic rings. The summed E-state index contributed by atoms with van der Waals surface area (Å²) in [4.78, 5) is 37.1. The first-order valence-electron chi connectivity index (χ1n) is 7.77. The van der Waals surface area contributed by atoms with E-state index in [1.807, 2.05) is 0 Å². The standard InChI is InChI=1S/C17H20ClNO4/c1-2-15(20)13(17(22)23)9-11-5-6-12(10-14(11)18)16(21)19-7-3-4-8-19/h5-6,10,13H,2-4,7-9H2,1H3,(H,22,23). The molecular formula is C17H20ClNO4. The fraction of sp³-hybridized carbons (Fsp3) is 0.471. The number of rotatable bonds is 6. The summed E-state index contributed by atoms with van der Waals surface area (Å²) in [5.41, 5.74) is 1.06. The number of ketones is 1. The third-order valence-electron chi connectivity index (χ3n) is 4.15. The Labute approximate surface area is 140 Å². The Morgan fingerprint density at radius 2 is 1.91 bits per heavy atom. The third-order valence-corrected chi connectivity index (χ3v) is 4.50. The lowest BCUT2D eigenvalue weighted by molar-refractivity contribution is -0.146. The van der Waals surface area contributed by atoms with Crippen molar-refractivity contribution in [2.45, 2.75) is 32.6 Å². The van der Waals surface area contributed by atoms with Crippen LogP contribution in [-0.2, 0) is 16.0 Å². The van der Waals surface area contributed by atoms with Gasteiger partial charge in [0.05, 0.1) is 0 Å². The van der Waals surface area contributed by atoms with Gasteiger partial charge in [-0.3, -0.25) is 14.4 Å². The lowest BCUT2D eigenvalue weighted by Crippen LogP contribution is -2.28. The van der Waals surface area contributed by atoms with E-state index >= 15 is 0 Å². The zero-order valence-corrected chi connectivity index (χ0v) is 13.8. The predicted molar refractivity (Wildman–Crippen MR) is 86.7 cm³/mol. The summed E-state index contributed by atoms with van der Waals surface area (Å²) in [6.45, 7) is 3.15. The van der Waals surface area contributed by atoms with Crippen LogP contribution >= 0.6 is 11.6 Å². The molecular weight excluding hydrogens is 318 g/mol. The molecule has 1 atom stereocenters. The van der Waals surface area contributed by atoms with Gasteiger partial charge in [-0.25, -0.2) is 0 Å². The van der Waals surface area contributed by atoms with Crippen LogP contribution in [0.3, 0.4) is 0 Å². The lowest BCUT2D eigenvalue weighted by Gasteiger charge is -2.16. The molecule has 5 nitrogen and oxygen atoms in total. The van der Waals surface area contributed by atoms with Crippen molar-refractivity contribution in [1.82, 2.24) is 4.90 Å². The minimum atomic E-state index is -1.15. The normalized spacial score (nSPS) is 15.5. The number of carbonyl (C=O) groups excluding carboxylic acids is 2. The van der Waals surface area contributed by atoms with Crippen LogP contribution in [0.2, 0.25) is 5.02 Å². The summed E-state index contributed by atoms with van der Waals surface area (Å²) in [6, 6.07) is 4.86.